The van der Waals surface area contributed by atoms with Crippen LogP contribution in [0.3, 0.4) is 0 Å². The number of amides is 1. The monoisotopic (exact) mass is 289 g/mol. The summed E-state index contributed by atoms with van der Waals surface area (Å²) in [6.07, 6.45) is 0. The molecule has 0 unspecified atom stereocenters. The van der Waals surface area contributed by atoms with E-state index in [2.05, 4.69) is 29.7 Å². The Kier molecular flexibility index (Phi) is 3.23. The van der Waals surface area contributed by atoms with Gasteiger partial charge in [-0.15, -0.1) is 11.3 Å². The van der Waals surface area contributed by atoms with E-state index in [-0.39, 0.29) is 12.5 Å². The van der Waals surface area contributed by atoms with Crippen molar-refractivity contribution in [1.29, 1.82) is 0 Å². The molecule has 0 atom stereocenters. The lowest BCUT2D eigenvalue weighted by atomic mass is 10.2. The highest BCUT2D eigenvalue weighted by Gasteiger charge is 2.17. The molecule has 104 valence electrons. The Morgan fingerprint density at radius 3 is 3.05 bits per heavy atom. The second-order valence-electron chi connectivity index (χ2n) is 4.64. The number of nitrogens with one attached hydrogen (secondary N) is 2. The molecule has 2 heterocycles. The summed E-state index contributed by atoms with van der Waals surface area (Å²) in [6, 6.07) is 7.72. The molecular formula is C14H15N3O2S. The number of nitrogen functional groups attached to an aromatic ring is 1. The third-order valence-corrected chi connectivity index (χ3v) is 4.03. The summed E-state index contributed by atoms with van der Waals surface area (Å²) in [6.45, 7) is 2.82. The van der Waals surface area contributed by atoms with Gasteiger partial charge in [0.1, 0.15) is 5.75 Å². The number of hydrogen-bond donors (Lipinski definition) is 3. The van der Waals surface area contributed by atoms with E-state index in [0.717, 1.165) is 5.69 Å². The Bertz CT molecular complexity index is 666. The Morgan fingerprint density at radius 1 is 1.45 bits per heavy atom. The summed E-state index contributed by atoms with van der Waals surface area (Å²) in [5.74, 6) is 0.460. The van der Waals surface area contributed by atoms with E-state index in [1.165, 1.54) is 9.75 Å². The van der Waals surface area contributed by atoms with Crippen LogP contribution in [-0.4, -0.2) is 12.5 Å². The van der Waals surface area contributed by atoms with Gasteiger partial charge in [-0.1, -0.05) is 0 Å². The first-order chi connectivity index (χ1) is 9.61. The smallest absolute Gasteiger partial charge is 0.262 e. The predicted molar refractivity (Wildman–Crippen MR) is 81.4 cm³/mol. The lowest BCUT2D eigenvalue weighted by Gasteiger charge is -2.20. The van der Waals surface area contributed by atoms with Gasteiger partial charge in [-0.2, -0.15) is 0 Å². The first-order valence-electron chi connectivity index (χ1n) is 6.27. The minimum atomic E-state index is -0.151. The first-order valence-corrected chi connectivity index (χ1v) is 7.09. The van der Waals surface area contributed by atoms with Crippen LogP contribution in [0.15, 0.2) is 24.3 Å². The molecule has 0 fully saturated rings. The highest BCUT2D eigenvalue weighted by atomic mass is 32.1. The molecule has 20 heavy (non-hydrogen) atoms. The molecule has 0 saturated carbocycles. The Labute approximate surface area is 120 Å². The van der Waals surface area contributed by atoms with Gasteiger partial charge in [0.25, 0.3) is 5.91 Å². The normalized spacial score (nSPS) is 13.3. The minimum Gasteiger partial charge on any atom is -0.482 e. The Hall–Kier alpha value is -2.21. The molecule has 0 radical (unpaired) electrons. The zero-order valence-electron chi connectivity index (χ0n) is 11.0. The van der Waals surface area contributed by atoms with Crippen LogP contribution in [0.2, 0.25) is 0 Å². The van der Waals surface area contributed by atoms with Crippen LogP contribution in [0.5, 0.6) is 5.75 Å². The van der Waals surface area contributed by atoms with Gasteiger partial charge in [0.15, 0.2) is 6.61 Å². The number of carbonyl (C=O) groups is 1. The van der Waals surface area contributed by atoms with Gasteiger partial charge < -0.3 is 21.1 Å². The predicted octanol–water partition coefficient (Wildman–Crippen LogP) is 2.58. The number of aryl methyl sites for hydroxylation is 1. The Morgan fingerprint density at radius 2 is 2.30 bits per heavy atom. The zero-order chi connectivity index (χ0) is 14.1. The van der Waals surface area contributed by atoms with Gasteiger partial charge in [-0.3, -0.25) is 4.79 Å². The van der Waals surface area contributed by atoms with E-state index in [4.69, 9.17) is 10.5 Å². The van der Waals surface area contributed by atoms with E-state index in [1.807, 2.05) is 6.07 Å². The largest absolute Gasteiger partial charge is 0.482 e. The second kappa shape index (κ2) is 5.05. The average Bonchev–Trinajstić information content (AvgIpc) is 2.83. The fourth-order valence-corrected chi connectivity index (χ4v) is 2.89. The molecule has 1 aromatic heterocycles. The molecule has 0 saturated heterocycles. The second-order valence-corrected chi connectivity index (χ2v) is 6.01. The van der Waals surface area contributed by atoms with Gasteiger partial charge in [0.05, 0.1) is 17.1 Å². The van der Waals surface area contributed by atoms with E-state index in [1.54, 1.807) is 17.4 Å². The number of ether oxygens (including phenoxy) is 1. The summed E-state index contributed by atoms with van der Waals surface area (Å²) < 4.78 is 5.32. The number of nitrogens with two attached hydrogens (primary N) is 1. The third-order valence-electron chi connectivity index (χ3n) is 3.03. The zero-order valence-corrected chi connectivity index (χ0v) is 11.8. The maximum atomic E-state index is 11.3. The van der Waals surface area contributed by atoms with Crippen LogP contribution in [0.4, 0.5) is 17.1 Å². The van der Waals surface area contributed by atoms with Crippen molar-refractivity contribution in [2.24, 2.45) is 0 Å². The van der Waals surface area contributed by atoms with Crippen molar-refractivity contribution in [2.75, 3.05) is 23.0 Å². The van der Waals surface area contributed by atoms with Crippen LogP contribution in [0.25, 0.3) is 0 Å². The van der Waals surface area contributed by atoms with Gasteiger partial charge in [-0.05, 0) is 25.1 Å². The van der Waals surface area contributed by atoms with Gasteiger partial charge in [-0.25, -0.2) is 0 Å². The van der Waals surface area contributed by atoms with Crippen LogP contribution >= 0.6 is 11.3 Å². The average molecular weight is 289 g/mol. The van der Waals surface area contributed by atoms with Crippen LogP contribution in [0, 0.1) is 6.92 Å². The highest BCUT2D eigenvalue weighted by molar-refractivity contribution is 7.11. The highest BCUT2D eigenvalue weighted by Crippen LogP contribution is 2.35. The van der Waals surface area contributed by atoms with E-state index >= 15 is 0 Å². The molecule has 5 nitrogen and oxygen atoms in total. The van der Waals surface area contributed by atoms with Crippen molar-refractivity contribution in [1.82, 2.24) is 0 Å². The van der Waals surface area contributed by atoms with Crippen molar-refractivity contribution in [2.45, 2.75) is 13.5 Å². The molecule has 1 amide bonds. The van der Waals surface area contributed by atoms with Crippen molar-refractivity contribution in [3.8, 4) is 5.75 Å². The summed E-state index contributed by atoms with van der Waals surface area (Å²) in [5, 5.41) is 6.06. The fraction of sp³-hybridized carbons (Fsp3) is 0.214. The van der Waals surface area contributed by atoms with Gasteiger partial charge in [0, 0.05) is 22.4 Å². The molecule has 3 rings (SSSR count). The first kappa shape index (κ1) is 12.8. The van der Waals surface area contributed by atoms with E-state index in [9.17, 15) is 4.79 Å². The van der Waals surface area contributed by atoms with Crippen molar-refractivity contribution < 1.29 is 9.53 Å². The van der Waals surface area contributed by atoms with Gasteiger partial charge >= 0.3 is 0 Å². The topological polar surface area (TPSA) is 76.4 Å². The molecule has 4 N–H and O–H groups in total. The number of rotatable bonds is 3. The molecule has 0 bridgehead atoms. The third kappa shape index (κ3) is 2.55. The van der Waals surface area contributed by atoms with Crippen LogP contribution in [-0.2, 0) is 11.3 Å². The fourth-order valence-electron chi connectivity index (χ4n) is 2.06. The molecule has 1 aliphatic rings. The van der Waals surface area contributed by atoms with E-state index < -0.39 is 0 Å². The Balaban J connectivity index is 1.79. The number of anilines is 3. The van der Waals surface area contributed by atoms with Crippen LogP contribution < -0.4 is 21.1 Å². The summed E-state index contributed by atoms with van der Waals surface area (Å²) >= 11 is 1.74. The van der Waals surface area contributed by atoms with Crippen LogP contribution in [0.1, 0.15) is 9.75 Å². The quantitative estimate of drug-likeness (QED) is 0.759. The lowest BCUT2D eigenvalue weighted by Crippen LogP contribution is -2.25. The van der Waals surface area contributed by atoms with Crippen molar-refractivity contribution in [3.63, 3.8) is 0 Å². The van der Waals surface area contributed by atoms with Crippen molar-refractivity contribution >= 4 is 34.3 Å². The molecule has 0 spiro atoms. The molecule has 0 aliphatic carbocycles. The maximum absolute atomic E-state index is 11.3. The number of hydrogen-bond acceptors (Lipinski definition) is 5. The number of fused-ring (bicyclic) bond motifs is 1. The number of thiophene rings is 1. The molecule has 1 aliphatic heterocycles. The van der Waals surface area contributed by atoms with Gasteiger partial charge in [0.2, 0.25) is 0 Å². The minimum absolute atomic E-state index is 0.0354. The molecular weight excluding hydrogens is 274 g/mol. The van der Waals surface area contributed by atoms with E-state index in [0.29, 0.717) is 23.7 Å². The molecule has 2 aromatic rings. The number of benzene rings is 1. The summed E-state index contributed by atoms with van der Waals surface area (Å²) in [4.78, 5) is 13.8. The maximum Gasteiger partial charge on any atom is 0.262 e. The SMILES string of the molecule is Cc1ccc(CNc2cc3c(cc2N)OCC(=O)N3)s1. The number of carbonyl (C=O) groups excluding carboxylic acids is 1. The summed E-state index contributed by atoms with van der Waals surface area (Å²) in [5.41, 5.74) is 8.05. The summed E-state index contributed by atoms with van der Waals surface area (Å²) in [7, 11) is 0. The lowest BCUT2D eigenvalue weighted by molar-refractivity contribution is -0.118. The van der Waals surface area contributed by atoms with Crippen molar-refractivity contribution in [3.05, 3.63) is 34.0 Å². The standard InChI is InChI=1S/C14H15N3O2S/c1-8-2-3-9(20-8)6-16-11-5-12-13(4-10(11)15)19-7-14(18)17-12/h2-5,16H,6-7,15H2,1H3,(H,17,18). The molecule has 6 heteroatoms. The molecule has 1 aromatic carbocycles.